The molecule has 4 nitrogen and oxygen atoms in total. The van der Waals surface area contributed by atoms with E-state index in [1.54, 1.807) is 24.0 Å². The van der Waals surface area contributed by atoms with E-state index in [0.717, 1.165) is 12.2 Å². The number of aryl methyl sites for hydroxylation is 1. The van der Waals surface area contributed by atoms with Crippen molar-refractivity contribution in [2.24, 2.45) is 7.05 Å². The molecule has 1 atom stereocenters. The summed E-state index contributed by atoms with van der Waals surface area (Å²) in [5.41, 5.74) is -0.0481. The third kappa shape index (κ3) is 2.53. The molecule has 0 saturated carbocycles. The first-order chi connectivity index (χ1) is 7.27. The molecule has 0 amide bonds. The number of hydrogen-bond acceptors (Lipinski definition) is 4. The summed E-state index contributed by atoms with van der Waals surface area (Å²) >= 11 is 1.93. The van der Waals surface area contributed by atoms with Crippen LogP contribution in [0.3, 0.4) is 0 Å². The Morgan fingerprint density at radius 2 is 2.53 bits per heavy atom. The molecule has 1 fully saturated rings. The highest BCUT2D eigenvalue weighted by atomic mass is 32.2. The monoisotopic (exact) mass is 225 g/mol. The average Bonchev–Trinajstić information content (AvgIpc) is 2.26. The van der Waals surface area contributed by atoms with Crippen LogP contribution in [0.5, 0.6) is 0 Å². The summed E-state index contributed by atoms with van der Waals surface area (Å²) in [7, 11) is 1.74. The lowest BCUT2D eigenvalue weighted by Crippen LogP contribution is -2.31. The molecular weight excluding hydrogens is 210 g/mol. The largest absolute Gasteiger partial charge is 0.362 e. The third-order valence-electron chi connectivity index (χ3n) is 2.52. The fraction of sp³-hybridized carbons (Fsp3) is 0.600. The van der Waals surface area contributed by atoms with Crippen molar-refractivity contribution in [2.75, 3.05) is 16.8 Å². The van der Waals surface area contributed by atoms with Gasteiger partial charge in [0.1, 0.15) is 0 Å². The van der Waals surface area contributed by atoms with E-state index in [-0.39, 0.29) is 5.56 Å². The molecule has 1 aliphatic heterocycles. The van der Waals surface area contributed by atoms with E-state index in [1.165, 1.54) is 12.2 Å². The minimum Gasteiger partial charge on any atom is -0.362 e. The molecule has 0 bridgehead atoms. The predicted octanol–water partition coefficient (Wildman–Crippen LogP) is 1.09. The molecule has 1 unspecified atom stereocenters. The Kier molecular flexibility index (Phi) is 3.30. The van der Waals surface area contributed by atoms with Crippen LogP contribution in [0.2, 0.25) is 0 Å². The van der Waals surface area contributed by atoms with Gasteiger partial charge in [0, 0.05) is 31.2 Å². The van der Waals surface area contributed by atoms with E-state index in [2.05, 4.69) is 10.3 Å². The van der Waals surface area contributed by atoms with Crippen LogP contribution in [-0.4, -0.2) is 27.1 Å². The first-order valence-corrected chi connectivity index (χ1v) is 6.29. The highest BCUT2D eigenvalue weighted by molar-refractivity contribution is 7.99. The summed E-state index contributed by atoms with van der Waals surface area (Å²) in [4.78, 5) is 15.8. The summed E-state index contributed by atoms with van der Waals surface area (Å²) in [6.45, 7) is 0. The van der Waals surface area contributed by atoms with E-state index >= 15 is 0 Å². The van der Waals surface area contributed by atoms with Gasteiger partial charge in [-0.2, -0.15) is 11.8 Å². The first kappa shape index (κ1) is 10.5. The molecule has 82 valence electrons. The average molecular weight is 225 g/mol. The number of anilines is 1. The molecule has 1 aromatic heterocycles. The molecule has 0 aromatic carbocycles. The summed E-state index contributed by atoms with van der Waals surface area (Å²) < 4.78 is 1.55. The van der Waals surface area contributed by atoms with Gasteiger partial charge < -0.3 is 9.88 Å². The van der Waals surface area contributed by atoms with E-state index in [1.807, 2.05) is 11.8 Å². The smallest absolute Gasteiger partial charge is 0.293 e. The fourth-order valence-corrected chi connectivity index (χ4v) is 2.72. The summed E-state index contributed by atoms with van der Waals surface area (Å²) in [5, 5.41) is 3.22. The van der Waals surface area contributed by atoms with Crippen molar-refractivity contribution in [3.05, 3.63) is 22.7 Å². The topological polar surface area (TPSA) is 46.9 Å². The molecule has 15 heavy (non-hydrogen) atoms. The number of thioether (sulfide) groups is 1. The minimum absolute atomic E-state index is 0.0481. The van der Waals surface area contributed by atoms with Gasteiger partial charge in [-0.15, -0.1) is 0 Å². The molecule has 2 rings (SSSR count). The lowest BCUT2D eigenvalue weighted by atomic mass is 10.2. The Morgan fingerprint density at radius 3 is 3.27 bits per heavy atom. The second-order valence-corrected chi connectivity index (χ2v) is 4.90. The number of hydrogen-bond donors (Lipinski definition) is 1. The van der Waals surface area contributed by atoms with Gasteiger partial charge in [0.15, 0.2) is 5.82 Å². The first-order valence-electron chi connectivity index (χ1n) is 5.13. The third-order valence-corrected chi connectivity index (χ3v) is 3.73. The molecular formula is C10H15N3OS. The van der Waals surface area contributed by atoms with Crippen LogP contribution in [0, 0.1) is 0 Å². The number of aromatic nitrogens is 2. The van der Waals surface area contributed by atoms with Gasteiger partial charge in [-0.05, 0) is 18.6 Å². The lowest BCUT2D eigenvalue weighted by molar-refractivity contribution is 0.678. The Bertz CT molecular complexity index is 384. The van der Waals surface area contributed by atoms with Crippen molar-refractivity contribution in [1.82, 2.24) is 9.55 Å². The van der Waals surface area contributed by atoms with Crippen molar-refractivity contribution in [3.8, 4) is 0 Å². The quantitative estimate of drug-likeness (QED) is 0.818. The zero-order chi connectivity index (χ0) is 10.7. The standard InChI is InChI=1S/C10H15N3OS/c1-13-5-4-11-9(10(13)14)12-8-3-2-6-15-7-8/h4-5,8H,2-3,6-7H2,1H3,(H,11,12). The van der Waals surface area contributed by atoms with Crippen molar-refractivity contribution >= 4 is 17.6 Å². The zero-order valence-electron chi connectivity index (χ0n) is 8.77. The van der Waals surface area contributed by atoms with Crippen LogP contribution < -0.4 is 10.9 Å². The van der Waals surface area contributed by atoms with E-state index in [4.69, 9.17) is 0 Å². The van der Waals surface area contributed by atoms with Crippen LogP contribution in [0.25, 0.3) is 0 Å². The number of nitrogens with one attached hydrogen (secondary N) is 1. The second kappa shape index (κ2) is 4.70. The van der Waals surface area contributed by atoms with Crippen LogP contribution in [0.4, 0.5) is 5.82 Å². The Morgan fingerprint density at radius 1 is 1.67 bits per heavy atom. The molecule has 0 spiro atoms. The van der Waals surface area contributed by atoms with Crippen molar-refractivity contribution < 1.29 is 0 Å². The van der Waals surface area contributed by atoms with Crippen LogP contribution in [0.15, 0.2) is 17.2 Å². The molecule has 5 heteroatoms. The predicted molar refractivity (Wildman–Crippen MR) is 63.4 cm³/mol. The van der Waals surface area contributed by atoms with Gasteiger partial charge in [-0.3, -0.25) is 4.79 Å². The van der Waals surface area contributed by atoms with Crippen LogP contribution >= 0.6 is 11.8 Å². The Labute approximate surface area is 93.1 Å². The highest BCUT2D eigenvalue weighted by Gasteiger charge is 2.15. The molecule has 1 aliphatic rings. The van der Waals surface area contributed by atoms with Crippen molar-refractivity contribution in [1.29, 1.82) is 0 Å². The number of rotatable bonds is 2. The SMILES string of the molecule is Cn1ccnc(NC2CCCSC2)c1=O. The minimum atomic E-state index is -0.0481. The molecule has 2 heterocycles. The maximum atomic E-state index is 11.7. The van der Waals surface area contributed by atoms with Gasteiger partial charge >= 0.3 is 0 Å². The van der Waals surface area contributed by atoms with Crippen molar-refractivity contribution in [2.45, 2.75) is 18.9 Å². The van der Waals surface area contributed by atoms with Gasteiger partial charge in [0.2, 0.25) is 0 Å². The summed E-state index contributed by atoms with van der Waals surface area (Å²) in [6, 6.07) is 0.395. The molecule has 0 radical (unpaired) electrons. The molecule has 1 aromatic rings. The van der Waals surface area contributed by atoms with E-state index in [0.29, 0.717) is 11.9 Å². The summed E-state index contributed by atoms with van der Waals surface area (Å²) in [5.74, 6) is 2.78. The van der Waals surface area contributed by atoms with Gasteiger partial charge in [0.05, 0.1) is 0 Å². The lowest BCUT2D eigenvalue weighted by Gasteiger charge is -2.22. The van der Waals surface area contributed by atoms with E-state index < -0.39 is 0 Å². The molecule has 0 aliphatic carbocycles. The molecule has 1 saturated heterocycles. The number of nitrogens with zero attached hydrogens (tertiary/aromatic N) is 2. The fourth-order valence-electron chi connectivity index (χ4n) is 1.64. The van der Waals surface area contributed by atoms with E-state index in [9.17, 15) is 4.79 Å². The highest BCUT2D eigenvalue weighted by Crippen LogP contribution is 2.18. The summed E-state index contributed by atoms with van der Waals surface area (Å²) in [6.07, 6.45) is 5.67. The maximum absolute atomic E-state index is 11.7. The maximum Gasteiger partial charge on any atom is 0.293 e. The zero-order valence-corrected chi connectivity index (χ0v) is 9.59. The Hall–Kier alpha value is -0.970. The second-order valence-electron chi connectivity index (χ2n) is 3.75. The van der Waals surface area contributed by atoms with Gasteiger partial charge in [-0.25, -0.2) is 4.98 Å². The normalized spacial score (nSPS) is 21.3. The van der Waals surface area contributed by atoms with Crippen LogP contribution in [0.1, 0.15) is 12.8 Å². The molecule has 1 N–H and O–H groups in total. The van der Waals surface area contributed by atoms with Crippen LogP contribution in [-0.2, 0) is 7.05 Å². The van der Waals surface area contributed by atoms with Gasteiger partial charge in [-0.1, -0.05) is 0 Å². The van der Waals surface area contributed by atoms with Crippen molar-refractivity contribution in [3.63, 3.8) is 0 Å². The Balaban J connectivity index is 2.09. The van der Waals surface area contributed by atoms with Gasteiger partial charge in [0.25, 0.3) is 5.56 Å².